The first-order chi connectivity index (χ1) is 13.6. The summed E-state index contributed by atoms with van der Waals surface area (Å²) in [5.74, 6) is 1.27. The zero-order chi connectivity index (χ0) is 19.7. The number of benzene rings is 1. The molecular weight excluding hydrogens is 435 g/mol. The molecule has 0 bridgehead atoms. The Morgan fingerprint density at radius 3 is 2.89 bits per heavy atom. The smallest absolute Gasteiger partial charge is 0.263 e. The second-order valence-electron chi connectivity index (χ2n) is 6.61. The fraction of sp³-hybridized carbons (Fsp3) is 0.400. The zero-order valence-electron chi connectivity index (χ0n) is 15.5. The van der Waals surface area contributed by atoms with Gasteiger partial charge in [-0.1, -0.05) is 35.0 Å². The lowest BCUT2D eigenvalue weighted by Crippen LogP contribution is -2.23. The van der Waals surface area contributed by atoms with Crippen LogP contribution >= 0.6 is 46.3 Å². The standard InChI is InChI=1S/C20H20Cl2N2O2S2/c1-2-24-19(25)17-13-5-3-4-6-16(13)28-18(17)23-20(24)27-10-9-26-15-8-7-12(21)11-14(15)22/h7-8,11H,2-6,9-10H2,1H3. The van der Waals surface area contributed by atoms with Gasteiger partial charge in [0.05, 0.1) is 17.0 Å². The molecule has 0 N–H and O–H groups in total. The Balaban J connectivity index is 1.52. The fourth-order valence-corrected chi connectivity index (χ4v) is 6.13. The van der Waals surface area contributed by atoms with Crippen LogP contribution in [0.15, 0.2) is 28.2 Å². The molecule has 0 amide bonds. The topological polar surface area (TPSA) is 44.1 Å². The van der Waals surface area contributed by atoms with E-state index < -0.39 is 0 Å². The summed E-state index contributed by atoms with van der Waals surface area (Å²) in [6.45, 7) is 3.06. The minimum atomic E-state index is 0.0936. The second-order valence-corrected chi connectivity index (χ2v) is 9.60. The largest absolute Gasteiger partial charge is 0.491 e. The van der Waals surface area contributed by atoms with Crippen LogP contribution in [0.25, 0.3) is 10.2 Å². The molecule has 1 aliphatic rings. The van der Waals surface area contributed by atoms with E-state index in [1.54, 1.807) is 34.1 Å². The monoisotopic (exact) mass is 454 g/mol. The third-order valence-corrected chi connectivity index (χ3v) is 7.48. The van der Waals surface area contributed by atoms with Crippen LogP contribution in [-0.2, 0) is 19.4 Å². The minimum absolute atomic E-state index is 0.0936. The van der Waals surface area contributed by atoms with E-state index in [9.17, 15) is 4.79 Å². The van der Waals surface area contributed by atoms with E-state index in [0.717, 1.165) is 34.6 Å². The third kappa shape index (κ3) is 3.92. The zero-order valence-corrected chi connectivity index (χ0v) is 18.6. The maximum atomic E-state index is 13.1. The summed E-state index contributed by atoms with van der Waals surface area (Å²) >= 11 is 15.3. The van der Waals surface area contributed by atoms with E-state index in [4.69, 9.17) is 32.9 Å². The van der Waals surface area contributed by atoms with Gasteiger partial charge in [0.1, 0.15) is 10.6 Å². The Hall–Kier alpha value is -1.21. The molecule has 0 atom stereocenters. The number of hydrogen-bond acceptors (Lipinski definition) is 5. The molecule has 0 unspecified atom stereocenters. The molecule has 2 heterocycles. The van der Waals surface area contributed by atoms with Crippen molar-refractivity contribution in [2.45, 2.75) is 44.3 Å². The number of thiophene rings is 1. The molecule has 0 saturated carbocycles. The molecule has 0 aliphatic heterocycles. The number of aryl methyl sites for hydroxylation is 2. The van der Waals surface area contributed by atoms with Crippen molar-refractivity contribution in [1.29, 1.82) is 0 Å². The van der Waals surface area contributed by atoms with Crippen LogP contribution in [0.5, 0.6) is 5.75 Å². The van der Waals surface area contributed by atoms with Crippen molar-refractivity contribution >= 4 is 56.5 Å². The lowest BCUT2D eigenvalue weighted by molar-refractivity contribution is 0.344. The quantitative estimate of drug-likeness (QED) is 0.266. The third-order valence-electron chi connectivity index (χ3n) is 4.82. The van der Waals surface area contributed by atoms with E-state index in [1.807, 2.05) is 6.92 Å². The van der Waals surface area contributed by atoms with Gasteiger partial charge in [0.2, 0.25) is 0 Å². The molecule has 3 aromatic rings. The highest BCUT2D eigenvalue weighted by Gasteiger charge is 2.21. The summed E-state index contributed by atoms with van der Waals surface area (Å²) in [6.07, 6.45) is 4.43. The van der Waals surface area contributed by atoms with Crippen molar-refractivity contribution in [3.8, 4) is 5.75 Å². The van der Waals surface area contributed by atoms with Crippen LogP contribution < -0.4 is 10.3 Å². The van der Waals surface area contributed by atoms with Crippen molar-refractivity contribution in [3.63, 3.8) is 0 Å². The highest BCUT2D eigenvalue weighted by molar-refractivity contribution is 7.99. The summed E-state index contributed by atoms with van der Waals surface area (Å²) < 4.78 is 7.53. The Morgan fingerprint density at radius 2 is 2.11 bits per heavy atom. The van der Waals surface area contributed by atoms with Gasteiger partial charge >= 0.3 is 0 Å². The van der Waals surface area contributed by atoms with Crippen LogP contribution in [0.1, 0.15) is 30.2 Å². The second kappa shape index (κ2) is 8.66. The van der Waals surface area contributed by atoms with Crippen LogP contribution in [0.4, 0.5) is 0 Å². The molecule has 1 aliphatic carbocycles. The summed E-state index contributed by atoms with van der Waals surface area (Å²) in [4.78, 5) is 20.2. The van der Waals surface area contributed by atoms with Gasteiger partial charge in [-0.25, -0.2) is 4.98 Å². The van der Waals surface area contributed by atoms with Crippen molar-refractivity contribution in [2.24, 2.45) is 0 Å². The summed E-state index contributed by atoms with van der Waals surface area (Å²) in [6, 6.07) is 5.17. The number of fused-ring (bicyclic) bond motifs is 3. The maximum absolute atomic E-state index is 13.1. The Labute approximate surface area is 181 Å². The molecule has 4 rings (SSSR count). The first-order valence-corrected chi connectivity index (χ1v) is 11.9. The van der Waals surface area contributed by atoms with Gasteiger partial charge in [0.15, 0.2) is 5.16 Å². The lowest BCUT2D eigenvalue weighted by Gasteiger charge is -2.12. The number of rotatable bonds is 6. The molecule has 2 aromatic heterocycles. The van der Waals surface area contributed by atoms with Crippen LogP contribution in [0.3, 0.4) is 0 Å². The van der Waals surface area contributed by atoms with E-state index in [-0.39, 0.29) is 5.56 Å². The van der Waals surface area contributed by atoms with Crippen molar-refractivity contribution in [3.05, 3.63) is 49.0 Å². The average molecular weight is 455 g/mol. The predicted octanol–water partition coefficient (Wildman–Crippen LogP) is 5.83. The number of thioether (sulfide) groups is 1. The van der Waals surface area contributed by atoms with Crippen LogP contribution in [-0.4, -0.2) is 21.9 Å². The first kappa shape index (κ1) is 20.1. The molecule has 0 spiro atoms. The number of hydrogen-bond donors (Lipinski definition) is 0. The summed E-state index contributed by atoms with van der Waals surface area (Å²) in [5, 5.41) is 2.67. The number of nitrogens with zero attached hydrogens (tertiary/aromatic N) is 2. The van der Waals surface area contributed by atoms with Crippen LogP contribution in [0, 0.1) is 0 Å². The molecule has 4 nitrogen and oxygen atoms in total. The van der Waals surface area contributed by atoms with E-state index >= 15 is 0 Å². The van der Waals surface area contributed by atoms with E-state index in [0.29, 0.717) is 34.7 Å². The fourth-order valence-electron chi connectivity index (χ4n) is 3.49. The summed E-state index contributed by atoms with van der Waals surface area (Å²) in [5.41, 5.74) is 1.33. The highest BCUT2D eigenvalue weighted by atomic mass is 35.5. The molecule has 1 aromatic carbocycles. The summed E-state index contributed by atoms with van der Waals surface area (Å²) in [7, 11) is 0. The number of ether oxygens (including phenoxy) is 1. The van der Waals surface area contributed by atoms with Gasteiger partial charge < -0.3 is 4.74 Å². The Kier molecular flexibility index (Phi) is 6.21. The Morgan fingerprint density at radius 1 is 1.29 bits per heavy atom. The van der Waals surface area contributed by atoms with Gasteiger partial charge in [-0.15, -0.1) is 11.3 Å². The van der Waals surface area contributed by atoms with Crippen molar-refractivity contribution < 1.29 is 4.74 Å². The lowest BCUT2D eigenvalue weighted by atomic mass is 9.97. The van der Waals surface area contributed by atoms with Gasteiger partial charge in [0, 0.05) is 22.2 Å². The maximum Gasteiger partial charge on any atom is 0.263 e. The van der Waals surface area contributed by atoms with E-state index in [2.05, 4.69) is 0 Å². The molecule has 0 fully saturated rings. The highest BCUT2D eigenvalue weighted by Crippen LogP contribution is 2.34. The normalized spacial score (nSPS) is 13.7. The van der Waals surface area contributed by atoms with Gasteiger partial charge in [0.25, 0.3) is 5.56 Å². The van der Waals surface area contributed by atoms with Crippen LogP contribution in [0.2, 0.25) is 10.0 Å². The molecule has 0 saturated heterocycles. The van der Waals surface area contributed by atoms with E-state index in [1.165, 1.54) is 28.6 Å². The minimum Gasteiger partial charge on any atom is -0.491 e. The molecule has 8 heteroatoms. The van der Waals surface area contributed by atoms with Crippen molar-refractivity contribution in [2.75, 3.05) is 12.4 Å². The van der Waals surface area contributed by atoms with Gasteiger partial charge in [-0.05, 0) is 56.4 Å². The van der Waals surface area contributed by atoms with Gasteiger partial charge in [-0.2, -0.15) is 0 Å². The predicted molar refractivity (Wildman–Crippen MR) is 119 cm³/mol. The van der Waals surface area contributed by atoms with Crippen molar-refractivity contribution in [1.82, 2.24) is 9.55 Å². The first-order valence-electron chi connectivity index (χ1n) is 9.34. The molecule has 0 radical (unpaired) electrons. The SMILES string of the molecule is CCn1c(SCCOc2ccc(Cl)cc2Cl)nc2sc3c(c2c1=O)CCCC3. The average Bonchev–Trinajstić information content (AvgIpc) is 3.05. The van der Waals surface area contributed by atoms with Gasteiger partial charge in [-0.3, -0.25) is 9.36 Å². The Bertz CT molecular complexity index is 1080. The molecular formula is C20H20Cl2N2O2S2. The molecule has 28 heavy (non-hydrogen) atoms. The molecule has 148 valence electrons. The number of aromatic nitrogens is 2. The number of halogens is 2.